The summed E-state index contributed by atoms with van der Waals surface area (Å²) in [5.41, 5.74) is 1.47. The van der Waals surface area contributed by atoms with Crippen molar-refractivity contribution >= 4 is 40.7 Å². The fourth-order valence-corrected chi connectivity index (χ4v) is 4.25. The first kappa shape index (κ1) is 25.1. The molecular weight excluding hydrogens is 482 g/mol. The van der Waals surface area contributed by atoms with Crippen molar-refractivity contribution in [1.29, 1.82) is 0 Å². The molecule has 1 fully saturated rings. The number of ether oxygens (including phenoxy) is 2. The number of methoxy groups -OCH3 is 1. The predicted octanol–water partition coefficient (Wildman–Crippen LogP) is 4.75. The van der Waals surface area contributed by atoms with Crippen LogP contribution in [0.2, 0.25) is 5.02 Å². The van der Waals surface area contributed by atoms with Gasteiger partial charge in [-0.3, -0.25) is 19.2 Å². The second kappa shape index (κ2) is 10.7. The summed E-state index contributed by atoms with van der Waals surface area (Å²) in [6.45, 7) is 1.52. The minimum absolute atomic E-state index is 0.0256. The summed E-state index contributed by atoms with van der Waals surface area (Å²) in [6.07, 6.45) is -1.12. The highest BCUT2D eigenvalue weighted by Gasteiger charge is 2.38. The lowest BCUT2D eigenvalue weighted by Crippen LogP contribution is -2.31. The van der Waals surface area contributed by atoms with Crippen molar-refractivity contribution in [1.82, 2.24) is 0 Å². The van der Waals surface area contributed by atoms with Gasteiger partial charge in [-0.1, -0.05) is 41.9 Å². The minimum atomic E-state index is -1.03. The molecule has 1 heterocycles. The highest BCUT2D eigenvalue weighted by atomic mass is 35.5. The summed E-state index contributed by atoms with van der Waals surface area (Å²) in [4.78, 5) is 53.0. The topological polar surface area (TPSA) is 90.0 Å². The number of amides is 1. The zero-order valence-corrected chi connectivity index (χ0v) is 20.5. The summed E-state index contributed by atoms with van der Waals surface area (Å²) in [7, 11) is 1.53. The fourth-order valence-electron chi connectivity index (χ4n) is 4.08. The number of hydrogen-bond acceptors (Lipinski definition) is 6. The van der Waals surface area contributed by atoms with E-state index >= 15 is 0 Å². The zero-order valence-electron chi connectivity index (χ0n) is 19.8. The summed E-state index contributed by atoms with van der Waals surface area (Å²) in [5.74, 6) is -1.79. The van der Waals surface area contributed by atoms with E-state index in [4.69, 9.17) is 21.1 Å². The Balaban J connectivity index is 1.48. The molecule has 3 aromatic carbocycles. The lowest BCUT2D eigenvalue weighted by Gasteiger charge is -2.20. The van der Waals surface area contributed by atoms with E-state index in [-0.39, 0.29) is 36.0 Å². The maximum atomic E-state index is 13.2. The lowest BCUT2D eigenvalue weighted by atomic mass is 10.0. The molecule has 184 valence electrons. The Kier molecular flexibility index (Phi) is 7.50. The largest absolute Gasteiger partial charge is 0.497 e. The molecule has 36 heavy (non-hydrogen) atoms. The van der Waals surface area contributed by atoms with Crippen LogP contribution in [0, 0.1) is 5.92 Å². The fraction of sp³-hybridized carbons (Fsp3) is 0.214. The second-order valence-electron chi connectivity index (χ2n) is 8.43. The Bertz CT molecular complexity index is 1310. The first-order chi connectivity index (χ1) is 17.3. The molecule has 0 unspecified atom stereocenters. The van der Waals surface area contributed by atoms with E-state index in [1.54, 1.807) is 66.7 Å². The monoisotopic (exact) mass is 505 g/mol. The van der Waals surface area contributed by atoms with Gasteiger partial charge in [-0.2, -0.15) is 0 Å². The molecule has 1 amide bonds. The van der Waals surface area contributed by atoms with Crippen LogP contribution in [0.25, 0.3) is 0 Å². The normalized spacial score (nSPS) is 15.9. The summed E-state index contributed by atoms with van der Waals surface area (Å²) < 4.78 is 10.5. The molecule has 0 aliphatic carbocycles. The van der Waals surface area contributed by atoms with Crippen LogP contribution in [0.3, 0.4) is 0 Å². The van der Waals surface area contributed by atoms with Crippen LogP contribution in [0.5, 0.6) is 5.75 Å². The average molecular weight is 506 g/mol. The van der Waals surface area contributed by atoms with Gasteiger partial charge in [0, 0.05) is 34.7 Å². The van der Waals surface area contributed by atoms with Crippen LogP contribution in [0.1, 0.15) is 39.6 Å². The van der Waals surface area contributed by atoms with Gasteiger partial charge in [0.15, 0.2) is 11.9 Å². The second-order valence-corrected chi connectivity index (χ2v) is 8.87. The first-order valence-corrected chi connectivity index (χ1v) is 11.7. The molecule has 8 heteroatoms. The SMILES string of the molecule is COc1ccc(C(=O)[C@H](C)OC(=O)[C@H]2CC(=O)N(c3ccc(Cl)cc3C(=O)c3ccccc3)C2)cc1. The highest BCUT2D eigenvalue weighted by molar-refractivity contribution is 6.31. The van der Waals surface area contributed by atoms with Gasteiger partial charge >= 0.3 is 5.97 Å². The van der Waals surface area contributed by atoms with Crippen molar-refractivity contribution in [2.45, 2.75) is 19.4 Å². The lowest BCUT2D eigenvalue weighted by molar-refractivity contribution is -0.151. The zero-order chi connectivity index (χ0) is 25.8. The minimum Gasteiger partial charge on any atom is -0.497 e. The number of halogens is 1. The van der Waals surface area contributed by atoms with Crippen molar-refractivity contribution < 1.29 is 28.7 Å². The number of benzene rings is 3. The Labute approximate surface area is 213 Å². The van der Waals surface area contributed by atoms with Crippen LogP contribution in [-0.2, 0) is 14.3 Å². The van der Waals surface area contributed by atoms with E-state index in [1.807, 2.05) is 0 Å². The van der Waals surface area contributed by atoms with Crippen molar-refractivity contribution in [2.75, 3.05) is 18.6 Å². The molecule has 7 nitrogen and oxygen atoms in total. The Morgan fingerprint density at radius 1 is 0.972 bits per heavy atom. The Hall–Kier alpha value is -3.97. The number of nitrogens with zero attached hydrogens (tertiary/aromatic N) is 1. The molecule has 0 bridgehead atoms. The van der Waals surface area contributed by atoms with Crippen molar-refractivity contribution in [2.24, 2.45) is 5.92 Å². The number of rotatable bonds is 8. The van der Waals surface area contributed by atoms with Crippen LogP contribution < -0.4 is 9.64 Å². The van der Waals surface area contributed by atoms with Gasteiger partial charge in [-0.25, -0.2) is 0 Å². The number of carbonyl (C=O) groups excluding carboxylic acids is 4. The third kappa shape index (κ3) is 5.31. The van der Waals surface area contributed by atoms with Gasteiger partial charge in [0.2, 0.25) is 11.7 Å². The molecule has 0 aromatic heterocycles. The average Bonchev–Trinajstić information content (AvgIpc) is 3.29. The third-order valence-electron chi connectivity index (χ3n) is 6.03. The molecule has 3 aromatic rings. The van der Waals surface area contributed by atoms with Gasteiger partial charge in [0.25, 0.3) is 0 Å². The van der Waals surface area contributed by atoms with Crippen LogP contribution in [-0.4, -0.2) is 43.2 Å². The van der Waals surface area contributed by atoms with Gasteiger partial charge in [0.05, 0.1) is 18.7 Å². The van der Waals surface area contributed by atoms with Crippen LogP contribution >= 0.6 is 11.6 Å². The number of anilines is 1. The summed E-state index contributed by atoms with van der Waals surface area (Å²) in [6, 6.07) is 19.9. The third-order valence-corrected chi connectivity index (χ3v) is 6.26. The molecule has 1 saturated heterocycles. The number of ketones is 2. The standard InChI is InChI=1S/C28H24ClNO6/c1-17(26(32)19-8-11-22(35-2)12-9-19)36-28(34)20-14-25(31)30(16-20)24-13-10-21(29)15-23(24)27(33)18-6-4-3-5-7-18/h3-13,15,17,20H,14,16H2,1-2H3/t17-,20-/m0/s1. The molecule has 4 rings (SSSR count). The Morgan fingerprint density at radius 3 is 2.33 bits per heavy atom. The van der Waals surface area contributed by atoms with E-state index in [0.717, 1.165) is 0 Å². The summed E-state index contributed by atoms with van der Waals surface area (Å²) >= 11 is 6.16. The maximum absolute atomic E-state index is 13.2. The van der Waals surface area contributed by atoms with Gasteiger partial charge < -0.3 is 14.4 Å². The quantitative estimate of drug-likeness (QED) is 0.324. The molecule has 0 spiro atoms. The van der Waals surface area contributed by atoms with E-state index in [9.17, 15) is 19.2 Å². The van der Waals surface area contributed by atoms with Crippen LogP contribution in [0.15, 0.2) is 72.8 Å². The molecule has 0 radical (unpaired) electrons. The number of esters is 1. The molecule has 0 N–H and O–H groups in total. The van der Waals surface area contributed by atoms with Crippen molar-refractivity contribution in [3.63, 3.8) is 0 Å². The highest BCUT2D eigenvalue weighted by Crippen LogP contribution is 2.32. The molecular formula is C28H24ClNO6. The summed E-state index contributed by atoms with van der Waals surface area (Å²) in [5, 5.41) is 0.353. The Morgan fingerprint density at radius 2 is 1.67 bits per heavy atom. The van der Waals surface area contributed by atoms with Gasteiger partial charge in [-0.05, 0) is 49.4 Å². The van der Waals surface area contributed by atoms with E-state index < -0.39 is 18.0 Å². The molecule has 1 aliphatic rings. The van der Waals surface area contributed by atoms with Crippen LogP contribution in [0.4, 0.5) is 5.69 Å². The van der Waals surface area contributed by atoms with E-state index in [1.165, 1.54) is 25.0 Å². The maximum Gasteiger partial charge on any atom is 0.312 e. The number of carbonyl (C=O) groups is 4. The van der Waals surface area contributed by atoms with Gasteiger partial charge in [0.1, 0.15) is 5.75 Å². The number of hydrogen-bond donors (Lipinski definition) is 0. The molecule has 1 aliphatic heterocycles. The van der Waals surface area contributed by atoms with Crippen molar-refractivity contribution in [3.05, 3.63) is 94.5 Å². The van der Waals surface area contributed by atoms with E-state index in [2.05, 4.69) is 0 Å². The molecule has 2 atom stereocenters. The smallest absolute Gasteiger partial charge is 0.312 e. The molecule has 0 saturated carbocycles. The van der Waals surface area contributed by atoms with E-state index in [0.29, 0.717) is 27.6 Å². The predicted molar refractivity (Wildman–Crippen MR) is 135 cm³/mol. The number of Topliss-reactive ketones (excluding diaryl/α,β-unsaturated/α-hetero) is 1. The van der Waals surface area contributed by atoms with Gasteiger partial charge in [-0.15, -0.1) is 0 Å². The first-order valence-electron chi connectivity index (χ1n) is 11.4. The van der Waals surface area contributed by atoms with Crippen molar-refractivity contribution in [3.8, 4) is 5.75 Å².